The van der Waals surface area contributed by atoms with Crippen LogP contribution in [0.3, 0.4) is 0 Å². The molecule has 0 saturated carbocycles. The Hall–Kier alpha value is -0.530. The van der Waals surface area contributed by atoms with E-state index in [1.54, 1.807) is 5.56 Å². The number of aryl methyl sites for hydroxylation is 2. The summed E-state index contributed by atoms with van der Waals surface area (Å²) in [5, 5.41) is 0. The average Bonchev–Trinajstić information content (AvgIpc) is 2.28. The molecule has 0 spiro atoms. The lowest BCUT2D eigenvalue weighted by molar-refractivity contribution is 0.981. The second kappa shape index (κ2) is 11.0. The SMILES string of the molecule is CCN.CCc1cccc(CC)c1CC.Cl. The minimum atomic E-state index is 0. The molecule has 0 heterocycles. The van der Waals surface area contributed by atoms with Crippen molar-refractivity contribution in [2.24, 2.45) is 5.73 Å². The van der Waals surface area contributed by atoms with E-state index in [-0.39, 0.29) is 12.4 Å². The number of nitrogens with two attached hydrogens (primary N) is 1. The highest BCUT2D eigenvalue weighted by molar-refractivity contribution is 5.85. The van der Waals surface area contributed by atoms with Crippen LogP contribution in [0.2, 0.25) is 0 Å². The molecule has 94 valence electrons. The largest absolute Gasteiger partial charge is 0.331 e. The van der Waals surface area contributed by atoms with Crippen LogP contribution in [-0.4, -0.2) is 6.54 Å². The minimum Gasteiger partial charge on any atom is -0.331 e. The van der Waals surface area contributed by atoms with Gasteiger partial charge in [0, 0.05) is 0 Å². The smallest absolute Gasteiger partial charge is 0.0106 e. The third-order valence-corrected chi connectivity index (χ3v) is 2.49. The van der Waals surface area contributed by atoms with Gasteiger partial charge < -0.3 is 5.73 Å². The molecule has 1 rings (SSSR count). The topological polar surface area (TPSA) is 26.0 Å². The van der Waals surface area contributed by atoms with E-state index in [0.29, 0.717) is 0 Å². The van der Waals surface area contributed by atoms with E-state index < -0.39 is 0 Å². The van der Waals surface area contributed by atoms with Crippen LogP contribution in [0.25, 0.3) is 0 Å². The quantitative estimate of drug-likeness (QED) is 0.860. The van der Waals surface area contributed by atoms with Gasteiger partial charge in [0.05, 0.1) is 0 Å². The molecule has 0 aliphatic rings. The van der Waals surface area contributed by atoms with Crippen molar-refractivity contribution in [1.82, 2.24) is 0 Å². The van der Waals surface area contributed by atoms with E-state index in [4.69, 9.17) is 5.73 Å². The van der Waals surface area contributed by atoms with Crippen LogP contribution in [-0.2, 0) is 19.3 Å². The predicted octanol–water partition coefficient (Wildman–Crippen LogP) is 3.76. The summed E-state index contributed by atoms with van der Waals surface area (Å²) in [4.78, 5) is 0. The first-order valence-electron chi connectivity index (χ1n) is 6.04. The maximum absolute atomic E-state index is 4.85. The molecule has 1 nitrogen and oxygen atoms in total. The van der Waals surface area contributed by atoms with Gasteiger partial charge in [0.15, 0.2) is 0 Å². The molecule has 2 N–H and O–H groups in total. The first-order valence-corrected chi connectivity index (χ1v) is 6.04. The van der Waals surface area contributed by atoms with Crippen LogP contribution in [0.4, 0.5) is 0 Å². The van der Waals surface area contributed by atoms with Gasteiger partial charge in [-0.25, -0.2) is 0 Å². The molecule has 0 amide bonds. The van der Waals surface area contributed by atoms with Crippen molar-refractivity contribution in [2.75, 3.05) is 6.54 Å². The lowest BCUT2D eigenvalue weighted by Crippen LogP contribution is -1.96. The van der Waals surface area contributed by atoms with Crippen LogP contribution >= 0.6 is 12.4 Å². The Balaban J connectivity index is 0. The van der Waals surface area contributed by atoms with Crippen molar-refractivity contribution in [1.29, 1.82) is 0 Å². The molecule has 0 atom stereocenters. The molecule has 0 aliphatic heterocycles. The maximum Gasteiger partial charge on any atom is -0.0106 e. The second-order valence-electron chi connectivity index (χ2n) is 3.52. The lowest BCUT2D eigenvalue weighted by atomic mass is 9.96. The van der Waals surface area contributed by atoms with Crippen LogP contribution in [0.15, 0.2) is 18.2 Å². The van der Waals surface area contributed by atoms with Crippen molar-refractivity contribution >= 4 is 12.4 Å². The molecule has 1 aromatic carbocycles. The van der Waals surface area contributed by atoms with Gasteiger partial charge >= 0.3 is 0 Å². The highest BCUT2D eigenvalue weighted by Crippen LogP contribution is 2.16. The highest BCUT2D eigenvalue weighted by atomic mass is 35.5. The number of benzene rings is 1. The zero-order valence-corrected chi connectivity index (χ0v) is 11.9. The third kappa shape index (κ3) is 5.53. The fourth-order valence-corrected chi connectivity index (χ4v) is 1.80. The van der Waals surface area contributed by atoms with Crippen molar-refractivity contribution < 1.29 is 0 Å². The first kappa shape index (κ1) is 17.9. The van der Waals surface area contributed by atoms with E-state index >= 15 is 0 Å². The number of halogens is 1. The Bertz CT molecular complexity index is 249. The molecule has 0 bridgehead atoms. The molecule has 2 heteroatoms. The van der Waals surface area contributed by atoms with Gasteiger partial charge in [-0.2, -0.15) is 0 Å². The second-order valence-corrected chi connectivity index (χ2v) is 3.52. The summed E-state index contributed by atoms with van der Waals surface area (Å²) in [6.45, 7) is 9.36. The molecule has 0 aliphatic carbocycles. The van der Waals surface area contributed by atoms with Gasteiger partial charge in [0.25, 0.3) is 0 Å². The standard InChI is InChI=1S/C12H18.C2H7N.ClH/c1-4-10-8-7-9-11(5-2)12(10)6-3;1-2-3;/h7-9H,4-6H2,1-3H3;2-3H2,1H3;1H. The third-order valence-electron chi connectivity index (χ3n) is 2.49. The Morgan fingerprint density at radius 2 is 1.25 bits per heavy atom. The summed E-state index contributed by atoms with van der Waals surface area (Å²) < 4.78 is 0. The monoisotopic (exact) mass is 243 g/mol. The molecule has 0 aromatic heterocycles. The zero-order chi connectivity index (χ0) is 11.7. The van der Waals surface area contributed by atoms with Crippen molar-refractivity contribution in [3.8, 4) is 0 Å². The van der Waals surface area contributed by atoms with E-state index in [0.717, 1.165) is 19.4 Å². The summed E-state index contributed by atoms with van der Waals surface area (Å²) in [5.41, 5.74) is 9.47. The summed E-state index contributed by atoms with van der Waals surface area (Å²) in [6, 6.07) is 6.67. The molecule has 0 fully saturated rings. The van der Waals surface area contributed by atoms with Crippen molar-refractivity contribution in [3.63, 3.8) is 0 Å². The Kier molecular flexibility index (Phi) is 12.2. The molecule has 1 aromatic rings. The van der Waals surface area contributed by atoms with E-state index in [1.807, 2.05) is 6.92 Å². The average molecular weight is 244 g/mol. The summed E-state index contributed by atoms with van der Waals surface area (Å²) in [7, 11) is 0. The van der Waals surface area contributed by atoms with E-state index in [1.165, 1.54) is 17.5 Å². The van der Waals surface area contributed by atoms with Gasteiger partial charge in [-0.15, -0.1) is 12.4 Å². The fourth-order valence-electron chi connectivity index (χ4n) is 1.80. The number of rotatable bonds is 3. The summed E-state index contributed by atoms with van der Waals surface area (Å²) >= 11 is 0. The predicted molar refractivity (Wildman–Crippen MR) is 76.6 cm³/mol. The Labute approximate surface area is 107 Å². The van der Waals surface area contributed by atoms with Crippen LogP contribution < -0.4 is 5.73 Å². The fraction of sp³-hybridized carbons (Fsp3) is 0.571. The Morgan fingerprint density at radius 1 is 0.875 bits per heavy atom. The van der Waals surface area contributed by atoms with Gasteiger partial charge in [-0.05, 0) is 42.5 Å². The van der Waals surface area contributed by atoms with Gasteiger partial charge in [-0.3, -0.25) is 0 Å². The van der Waals surface area contributed by atoms with Gasteiger partial charge in [0.2, 0.25) is 0 Å². The van der Waals surface area contributed by atoms with Crippen LogP contribution in [0, 0.1) is 0 Å². The maximum atomic E-state index is 4.85. The number of hydrogen-bond donors (Lipinski definition) is 1. The molecule has 16 heavy (non-hydrogen) atoms. The molecule has 0 unspecified atom stereocenters. The lowest BCUT2D eigenvalue weighted by Gasteiger charge is -2.10. The zero-order valence-electron chi connectivity index (χ0n) is 11.0. The molecular formula is C14H26ClN. The molecular weight excluding hydrogens is 218 g/mol. The van der Waals surface area contributed by atoms with Crippen molar-refractivity contribution in [2.45, 2.75) is 47.0 Å². The molecule has 0 saturated heterocycles. The first-order chi connectivity index (χ1) is 7.24. The number of hydrogen-bond acceptors (Lipinski definition) is 1. The molecule has 0 radical (unpaired) electrons. The van der Waals surface area contributed by atoms with E-state index in [9.17, 15) is 0 Å². The summed E-state index contributed by atoms with van der Waals surface area (Å²) in [5.74, 6) is 0. The normalized spacial score (nSPS) is 8.81. The minimum absolute atomic E-state index is 0. The van der Waals surface area contributed by atoms with E-state index in [2.05, 4.69) is 39.0 Å². The highest BCUT2D eigenvalue weighted by Gasteiger charge is 2.02. The van der Waals surface area contributed by atoms with Crippen LogP contribution in [0.1, 0.15) is 44.4 Å². The van der Waals surface area contributed by atoms with Gasteiger partial charge in [0.1, 0.15) is 0 Å². The van der Waals surface area contributed by atoms with Crippen LogP contribution in [0.5, 0.6) is 0 Å². The van der Waals surface area contributed by atoms with Gasteiger partial charge in [-0.1, -0.05) is 45.9 Å². The summed E-state index contributed by atoms with van der Waals surface area (Å²) in [6.07, 6.45) is 3.50. The van der Waals surface area contributed by atoms with Crippen molar-refractivity contribution in [3.05, 3.63) is 34.9 Å². The Morgan fingerprint density at radius 3 is 1.50 bits per heavy atom.